The van der Waals surface area contributed by atoms with Crippen molar-refractivity contribution >= 4 is 5.69 Å². The fraction of sp³-hybridized carbons (Fsp3) is 0.182. The van der Waals surface area contributed by atoms with E-state index in [9.17, 15) is 0 Å². The zero-order valence-corrected chi connectivity index (χ0v) is 13.8. The van der Waals surface area contributed by atoms with E-state index < -0.39 is 0 Å². The molecular weight excluding hydrogens is 292 g/mol. The maximum absolute atomic E-state index is 2.57. The van der Waals surface area contributed by atoms with E-state index in [0.29, 0.717) is 0 Å². The Bertz CT molecular complexity index is 756. The molecule has 0 N–H and O–H groups in total. The highest BCUT2D eigenvalue weighted by Gasteiger charge is 2.33. The van der Waals surface area contributed by atoms with Crippen molar-refractivity contribution in [3.63, 3.8) is 0 Å². The van der Waals surface area contributed by atoms with Crippen molar-refractivity contribution in [1.29, 1.82) is 0 Å². The molecule has 0 spiro atoms. The minimum atomic E-state index is 0.286. The number of nitrogens with zero attached hydrogens (tertiary/aromatic N) is 2. The van der Waals surface area contributed by atoms with Gasteiger partial charge in [0.15, 0.2) is 0 Å². The summed E-state index contributed by atoms with van der Waals surface area (Å²) < 4.78 is 0. The molecule has 0 saturated carbocycles. The zero-order valence-electron chi connectivity index (χ0n) is 13.8. The lowest BCUT2D eigenvalue weighted by atomic mass is 10.1. The van der Waals surface area contributed by atoms with Crippen molar-refractivity contribution < 1.29 is 0 Å². The van der Waals surface area contributed by atoms with Crippen molar-refractivity contribution in [1.82, 2.24) is 4.90 Å². The summed E-state index contributed by atoms with van der Waals surface area (Å²) in [5, 5.41) is 0. The molecule has 0 bridgehead atoms. The van der Waals surface area contributed by atoms with Gasteiger partial charge in [-0.25, -0.2) is 0 Å². The van der Waals surface area contributed by atoms with Gasteiger partial charge in [0.2, 0.25) is 0 Å². The molecule has 120 valence electrons. The van der Waals surface area contributed by atoms with Gasteiger partial charge in [0.1, 0.15) is 6.17 Å². The number of benzene rings is 3. The third kappa shape index (κ3) is 3.06. The van der Waals surface area contributed by atoms with Crippen LogP contribution >= 0.6 is 0 Å². The third-order valence-corrected chi connectivity index (χ3v) is 4.68. The van der Waals surface area contributed by atoms with Crippen LogP contribution in [0.4, 0.5) is 5.69 Å². The summed E-state index contributed by atoms with van der Waals surface area (Å²) in [6.07, 6.45) is 0.286. The van der Waals surface area contributed by atoms with Gasteiger partial charge >= 0.3 is 0 Å². The predicted octanol–water partition coefficient (Wildman–Crippen LogP) is 4.71. The number of rotatable bonds is 4. The summed E-state index contributed by atoms with van der Waals surface area (Å²) in [5.74, 6) is 0. The molecule has 1 aliphatic rings. The minimum absolute atomic E-state index is 0.286. The molecule has 0 aromatic heterocycles. The first-order chi connectivity index (χ1) is 11.9. The predicted molar refractivity (Wildman–Crippen MR) is 99.8 cm³/mol. The van der Waals surface area contributed by atoms with Crippen molar-refractivity contribution in [3.05, 3.63) is 102 Å². The van der Waals surface area contributed by atoms with Crippen molar-refractivity contribution in [2.45, 2.75) is 12.7 Å². The molecule has 1 atom stereocenters. The van der Waals surface area contributed by atoms with E-state index in [4.69, 9.17) is 0 Å². The molecule has 3 aromatic rings. The van der Waals surface area contributed by atoms with Crippen molar-refractivity contribution in [3.8, 4) is 0 Å². The average Bonchev–Trinajstić information content (AvgIpc) is 3.07. The molecule has 0 aliphatic carbocycles. The topological polar surface area (TPSA) is 6.48 Å². The normalized spacial score (nSPS) is 18.0. The molecule has 3 aromatic carbocycles. The molecule has 0 amide bonds. The summed E-state index contributed by atoms with van der Waals surface area (Å²) in [6.45, 7) is 3.10. The summed E-state index contributed by atoms with van der Waals surface area (Å²) in [7, 11) is 0. The summed E-state index contributed by atoms with van der Waals surface area (Å²) in [6, 6.07) is 32.3. The van der Waals surface area contributed by atoms with Crippen molar-refractivity contribution in [2.24, 2.45) is 0 Å². The van der Waals surface area contributed by atoms with Gasteiger partial charge < -0.3 is 4.90 Å². The van der Waals surface area contributed by atoms with Crippen LogP contribution in [0.3, 0.4) is 0 Å². The quantitative estimate of drug-likeness (QED) is 0.688. The van der Waals surface area contributed by atoms with E-state index in [-0.39, 0.29) is 6.17 Å². The lowest BCUT2D eigenvalue weighted by Crippen LogP contribution is -2.30. The van der Waals surface area contributed by atoms with Gasteiger partial charge in [-0.1, -0.05) is 78.9 Å². The van der Waals surface area contributed by atoms with Gasteiger partial charge in [-0.2, -0.15) is 0 Å². The second-order valence-corrected chi connectivity index (χ2v) is 6.27. The molecule has 1 fully saturated rings. The molecule has 4 rings (SSSR count). The first-order valence-electron chi connectivity index (χ1n) is 8.56. The molecule has 1 saturated heterocycles. The monoisotopic (exact) mass is 314 g/mol. The van der Waals surface area contributed by atoms with E-state index >= 15 is 0 Å². The van der Waals surface area contributed by atoms with E-state index in [1.807, 2.05) is 0 Å². The van der Waals surface area contributed by atoms with Gasteiger partial charge in [-0.3, -0.25) is 4.90 Å². The highest BCUT2D eigenvalue weighted by Crippen LogP contribution is 2.35. The molecular formula is C22H22N2. The van der Waals surface area contributed by atoms with Gasteiger partial charge in [0.05, 0.1) is 0 Å². The second-order valence-electron chi connectivity index (χ2n) is 6.27. The van der Waals surface area contributed by atoms with E-state index in [2.05, 4.69) is 101 Å². The summed E-state index contributed by atoms with van der Waals surface area (Å²) in [4.78, 5) is 5.08. The fourth-order valence-electron chi connectivity index (χ4n) is 3.57. The van der Waals surface area contributed by atoms with Crippen LogP contribution in [0.1, 0.15) is 17.3 Å². The standard InChI is InChI=1S/C22H22N2/c1-4-10-19(11-5-1)18-23-16-17-24(21-14-8-3-9-15-21)22(23)20-12-6-2-7-13-20/h1-15,22H,16-18H2. The van der Waals surface area contributed by atoms with Crippen LogP contribution in [-0.2, 0) is 6.54 Å². The molecule has 0 radical (unpaired) electrons. The van der Waals surface area contributed by atoms with Crippen molar-refractivity contribution in [2.75, 3.05) is 18.0 Å². The Morgan fingerprint density at radius 3 is 1.92 bits per heavy atom. The maximum atomic E-state index is 2.57. The van der Waals surface area contributed by atoms with Crippen LogP contribution in [0, 0.1) is 0 Å². The van der Waals surface area contributed by atoms with Gasteiger partial charge in [0, 0.05) is 25.3 Å². The Morgan fingerprint density at radius 1 is 0.667 bits per heavy atom. The number of anilines is 1. The Labute approximate surface area is 144 Å². The smallest absolute Gasteiger partial charge is 0.109 e. The van der Waals surface area contributed by atoms with Gasteiger partial charge in [0.25, 0.3) is 0 Å². The lowest BCUT2D eigenvalue weighted by molar-refractivity contribution is 0.250. The Kier molecular flexibility index (Phi) is 4.30. The second kappa shape index (κ2) is 6.90. The number of hydrogen-bond donors (Lipinski definition) is 0. The number of hydrogen-bond acceptors (Lipinski definition) is 2. The molecule has 1 heterocycles. The molecule has 2 heteroatoms. The van der Waals surface area contributed by atoms with Gasteiger partial charge in [-0.05, 0) is 23.3 Å². The highest BCUT2D eigenvalue weighted by molar-refractivity contribution is 5.50. The lowest BCUT2D eigenvalue weighted by Gasteiger charge is -2.32. The third-order valence-electron chi connectivity index (χ3n) is 4.68. The van der Waals surface area contributed by atoms with Crippen LogP contribution in [0.5, 0.6) is 0 Å². The first-order valence-corrected chi connectivity index (χ1v) is 8.56. The Morgan fingerprint density at radius 2 is 1.25 bits per heavy atom. The van der Waals surface area contributed by atoms with E-state index in [1.54, 1.807) is 0 Å². The van der Waals surface area contributed by atoms with Crippen LogP contribution in [-0.4, -0.2) is 18.0 Å². The summed E-state index contributed by atoms with van der Waals surface area (Å²) >= 11 is 0. The molecule has 1 unspecified atom stereocenters. The van der Waals surface area contributed by atoms with E-state index in [1.165, 1.54) is 16.8 Å². The largest absolute Gasteiger partial charge is 0.350 e. The average molecular weight is 314 g/mol. The van der Waals surface area contributed by atoms with Crippen LogP contribution in [0.2, 0.25) is 0 Å². The van der Waals surface area contributed by atoms with E-state index in [0.717, 1.165) is 19.6 Å². The van der Waals surface area contributed by atoms with Crippen LogP contribution < -0.4 is 4.90 Å². The van der Waals surface area contributed by atoms with Crippen LogP contribution in [0.25, 0.3) is 0 Å². The van der Waals surface area contributed by atoms with Crippen LogP contribution in [0.15, 0.2) is 91.0 Å². The number of para-hydroxylation sites is 1. The Balaban J connectivity index is 1.67. The molecule has 24 heavy (non-hydrogen) atoms. The molecule has 1 aliphatic heterocycles. The highest BCUT2D eigenvalue weighted by atomic mass is 15.4. The van der Waals surface area contributed by atoms with Gasteiger partial charge in [-0.15, -0.1) is 0 Å². The fourth-order valence-corrected chi connectivity index (χ4v) is 3.57. The molecule has 2 nitrogen and oxygen atoms in total. The first kappa shape index (κ1) is 15.0. The maximum Gasteiger partial charge on any atom is 0.109 e. The minimum Gasteiger partial charge on any atom is -0.350 e. The summed E-state index contributed by atoms with van der Waals surface area (Å²) in [5.41, 5.74) is 4.02. The zero-order chi connectivity index (χ0) is 16.2. The SMILES string of the molecule is c1ccc(CN2CCN(c3ccccc3)C2c2ccccc2)cc1. The Hall–Kier alpha value is -2.58.